The van der Waals surface area contributed by atoms with Gasteiger partial charge >= 0.3 is 5.69 Å². The average Bonchev–Trinajstić information content (AvgIpc) is 3.59. The maximum atomic E-state index is 13.3. The van der Waals surface area contributed by atoms with Gasteiger partial charge in [-0.2, -0.15) is 5.10 Å². The number of amides is 1. The number of carbonyl (C=O) groups excluding carboxylic acids is 1. The highest BCUT2D eigenvalue weighted by Crippen LogP contribution is 2.37. The van der Waals surface area contributed by atoms with Crippen LogP contribution in [-0.2, 0) is 11.3 Å². The Labute approximate surface area is 181 Å². The molecular weight excluding hydrogens is 400 g/mol. The fourth-order valence-electron chi connectivity index (χ4n) is 4.20. The number of benzene rings is 1. The van der Waals surface area contributed by atoms with Crippen LogP contribution in [0.2, 0.25) is 0 Å². The largest absolute Gasteiger partial charge is 0.497 e. The molecular formula is C22H30N4O5. The predicted octanol–water partition coefficient (Wildman–Crippen LogP) is 2.06. The zero-order valence-corrected chi connectivity index (χ0v) is 18.4. The molecule has 1 aromatic heterocycles. The van der Waals surface area contributed by atoms with Gasteiger partial charge in [-0.15, -0.1) is 0 Å². The molecule has 1 saturated heterocycles. The van der Waals surface area contributed by atoms with Crippen molar-refractivity contribution in [3.63, 3.8) is 0 Å². The van der Waals surface area contributed by atoms with Crippen molar-refractivity contribution in [2.45, 2.75) is 44.2 Å². The molecule has 1 aliphatic carbocycles. The predicted molar refractivity (Wildman–Crippen MR) is 114 cm³/mol. The van der Waals surface area contributed by atoms with Crippen LogP contribution < -0.4 is 15.2 Å². The lowest BCUT2D eigenvalue weighted by atomic mass is 9.96. The van der Waals surface area contributed by atoms with Crippen LogP contribution in [0.3, 0.4) is 0 Å². The summed E-state index contributed by atoms with van der Waals surface area (Å²) >= 11 is 0. The van der Waals surface area contributed by atoms with Crippen LogP contribution in [0, 0.1) is 0 Å². The van der Waals surface area contributed by atoms with E-state index in [0.717, 1.165) is 31.5 Å². The Bertz CT molecular complexity index is 972. The molecule has 1 saturated carbocycles. The fourth-order valence-corrected chi connectivity index (χ4v) is 4.20. The van der Waals surface area contributed by atoms with E-state index in [-0.39, 0.29) is 23.6 Å². The third-order valence-electron chi connectivity index (χ3n) is 5.99. The number of carbonyl (C=O) groups is 1. The minimum atomic E-state index is -0.0736. The van der Waals surface area contributed by atoms with Crippen LogP contribution in [0.4, 0.5) is 0 Å². The molecule has 4 rings (SSSR count). The number of methoxy groups -OCH3 is 3. The Balaban J connectivity index is 1.58. The summed E-state index contributed by atoms with van der Waals surface area (Å²) in [7, 11) is 4.75. The number of hydrogen-bond donors (Lipinski definition) is 0. The van der Waals surface area contributed by atoms with Crippen LogP contribution in [0.15, 0.2) is 23.0 Å². The van der Waals surface area contributed by atoms with Crippen molar-refractivity contribution < 1.29 is 19.0 Å². The average molecular weight is 431 g/mol. The summed E-state index contributed by atoms with van der Waals surface area (Å²) < 4.78 is 19.1. The van der Waals surface area contributed by atoms with E-state index < -0.39 is 0 Å². The number of nitrogens with zero attached hydrogens (tertiary/aromatic N) is 4. The molecule has 1 unspecified atom stereocenters. The zero-order chi connectivity index (χ0) is 22.0. The second-order valence-corrected chi connectivity index (χ2v) is 8.15. The standard InChI is InChI=1S/C22H30N4O5/c1-29-10-9-25-22(28)26(17-6-7-17)20(23-25)15-5-4-8-24(14-15)21(27)16-11-18(30-2)13-19(12-16)31-3/h11-13,15,17H,4-10,14H2,1-3H3. The number of piperidine rings is 1. The van der Waals surface area contributed by atoms with Crippen molar-refractivity contribution in [2.24, 2.45) is 0 Å². The van der Waals surface area contributed by atoms with Crippen molar-refractivity contribution in [1.82, 2.24) is 19.2 Å². The van der Waals surface area contributed by atoms with Gasteiger partial charge in [-0.25, -0.2) is 9.48 Å². The summed E-state index contributed by atoms with van der Waals surface area (Å²) in [5.41, 5.74) is 0.456. The Morgan fingerprint density at radius 2 is 1.81 bits per heavy atom. The second kappa shape index (κ2) is 9.13. The summed E-state index contributed by atoms with van der Waals surface area (Å²) in [6.45, 7) is 2.08. The highest BCUT2D eigenvalue weighted by Gasteiger charge is 2.35. The summed E-state index contributed by atoms with van der Waals surface area (Å²) in [6, 6.07) is 5.44. The minimum Gasteiger partial charge on any atom is -0.497 e. The van der Waals surface area contributed by atoms with Gasteiger partial charge in [-0.05, 0) is 37.8 Å². The Morgan fingerprint density at radius 1 is 1.10 bits per heavy atom. The van der Waals surface area contributed by atoms with E-state index in [1.54, 1.807) is 39.5 Å². The van der Waals surface area contributed by atoms with Crippen LogP contribution >= 0.6 is 0 Å². The Kier molecular flexibility index (Phi) is 6.31. The third kappa shape index (κ3) is 4.46. The SMILES string of the molecule is COCCn1nc(C2CCCN(C(=O)c3cc(OC)cc(OC)c3)C2)n(C2CC2)c1=O. The van der Waals surface area contributed by atoms with Crippen LogP contribution in [-0.4, -0.2) is 66.2 Å². The second-order valence-electron chi connectivity index (χ2n) is 8.15. The van der Waals surface area contributed by atoms with Crippen molar-refractivity contribution in [3.05, 3.63) is 40.1 Å². The summed E-state index contributed by atoms with van der Waals surface area (Å²) in [5.74, 6) is 1.92. The molecule has 0 bridgehead atoms. The molecule has 0 radical (unpaired) electrons. The molecule has 31 heavy (non-hydrogen) atoms. The van der Waals surface area contributed by atoms with E-state index in [1.165, 1.54) is 4.68 Å². The van der Waals surface area contributed by atoms with Gasteiger partial charge < -0.3 is 19.1 Å². The third-order valence-corrected chi connectivity index (χ3v) is 5.99. The Hall–Kier alpha value is -2.81. The molecule has 1 aromatic carbocycles. The first-order valence-electron chi connectivity index (χ1n) is 10.8. The molecule has 2 heterocycles. The monoisotopic (exact) mass is 430 g/mol. The number of aromatic nitrogens is 3. The van der Waals surface area contributed by atoms with E-state index in [1.807, 2.05) is 9.47 Å². The van der Waals surface area contributed by atoms with Crippen LogP contribution in [0.25, 0.3) is 0 Å². The van der Waals surface area contributed by atoms with Crippen molar-refractivity contribution >= 4 is 5.91 Å². The van der Waals surface area contributed by atoms with Gasteiger partial charge in [-0.1, -0.05) is 0 Å². The van der Waals surface area contributed by atoms with Crippen molar-refractivity contribution in [3.8, 4) is 11.5 Å². The smallest absolute Gasteiger partial charge is 0.346 e. The lowest BCUT2D eigenvalue weighted by Crippen LogP contribution is -2.40. The molecule has 2 aromatic rings. The number of rotatable bonds is 8. The summed E-state index contributed by atoms with van der Waals surface area (Å²) in [4.78, 5) is 28.0. The topological polar surface area (TPSA) is 87.8 Å². The molecule has 9 heteroatoms. The molecule has 1 aliphatic heterocycles. The normalized spacial score (nSPS) is 18.8. The molecule has 2 fully saturated rings. The summed E-state index contributed by atoms with van der Waals surface area (Å²) in [5, 5.41) is 4.66. The highest BCUT2D eigenvalue weighted by atomic mass is 16.5. The molecule has 168 valence electrons. The van der Waals surface area contributed by atoms with E-state index in [4.69, 9.17) is 14.2 Å². The van der Waals surface area contributed by atoms with Crippen LogP contribution in [0.5, 0.6) is 11.5 Å². The minimum absolute atomic E-state index is 0.0299. The first-order valence-corrected chi connectivity index (χ1v) is 10.8. The van der Waals surface area contributed by atoms with E-state index in [2.05, 4.69) is 5.10 Å². The van der Waals surface area contributed by atoms with Gasteiger partial charge in [0.2, 0.25) is 0 Å². The molecule has 0 N–H and O–H groups in total. The van der Waals surface area contributed by atoms with E-state index in [0.29, 0.717) is 43.3 Å². The molecule has 0 spiro atoms. The van der Waals surface area contributed by atoms with E-state index >= 15 is 0 Å². The maximum Gasteiger partial charge on any atom is 0.346 e. The molecule has 1 amide bonds. The summed E-state index contributed by atoms with van der Waals surface area (Å²) in [6.07, 6.45) is 3.77. The zero-order valence-electron chi connectivity index (χ0n) is 18.4. The van der Waals surface area contributed by atoms with Gasteiger partial charge in [0.05, 0.1) is 27.4 Å². The molecule has 1 atom stereocenters. The van der Waals surface area contributed by atoms with Crippen molar-refractivity contribution in [1.29, 1.82) is 0 Å². The van der Waals surface area contributed by atoms with Crippen molar-refractivity contribution in [2.75, 3.05) is 41.0 Å². The molecule has 9 nitrogen and oxygen atoms in total. The fraction of sp³-hybridized carbons (Fsp3) is 0.591. The quantitative estimate of drug-likeness (QED) is 0.637. The lowest BCUT2D eigenvalue weighted by molar-refractivity contribution is 0.0702. The van der Waals surface area contributed by atoms with Gasteiger partial charge in [0.15, 0.2) is 0 Å². The van der Waals surface area contributed by atoms with Gasteiger partial charge in [0.1, 0.15) is 17.3 Å². The Morgan fingerprint density at radius 3 is 2.42 bits per heavy atom. The lowest BCUT2D eigenvalue weighted by Gasteiger charge is -2.32. The maximum absolute atomic E-state index is 13.3. The highest BCUT2D eigenvalue weighted by molar-refractivity contribution is 5.95. The van der Waals surface area contributed by atoms with Gasteiger partial charge in [0.25, 0.3) is 5.91 Å². The number of ether oxygens (including phenoxy) is 3. The van der Waals surface area contributed by atoms with Gasteiger partial charge in [0, 0.05) is 43.8 Å². The van der Waals surface area contributed by atoms with Gasteiger partial charge in [-0.3, -0.25) is 9.36 Å². The van der Waals surface area contributed by atoms with E-state index in [9.17, 15) is 9.59 Å². The number of likely N-dealkylation sites (tertiary alicyclic amines) is 1. The first kappa shape index (κ1) is 21.4. The van der Waals surface area contributed by atoms with Crippen LogP contribution in [0.1, 0.15) is 53.8 Å². The molecule has 2 aliphatic rings. The number of hydrogen-bond acceptors (Lipinski definition) is 6. The first-order chi connectivity index (χ1) is 15.0.